The van der Waals surface area contributed by atoms with Crippen molar-refractivity contribution in [2.24, 2.45) is 0 Å². The van der Waals surface area contributed by atoms with Crippen molar-refractivity contribution in [3.63, 3.8) is 0 Å². The van der Waals surface area contributed by atoms with Crippen molar-refractivity contribution in [2.45, 2.75) is 33.2 Å². The fourth-order valence-electron chi connectivity index (χ4n) is 2.59. The van der Waals surface area contributed by atoms with Crippen LogP contribution in [0.1, 0.15) is 33.2 Å². The van der Waals surface area contributed by atoms with E-state index in [0.717, 1.165) is 6.42 Å². The molecule has 2 rings (SSSR count). The summed E-state index contributed by atoms with van der Waals surface area (Å²) in [5, 5.41) is 5.59. The van der Waals surface area contributed by atoms with Crippen LogP contribution in [0.4, 0.5) is 0 Å². The summed E-state index contributed by atoms with van der Waals surface area (Å²) in [5.41, 5.74) is 5.61. The van der Waals surface area contributed by atoms with Gasteiger partial charge in [-0.05, 0) is 72.9 Å². The number of hydrogen-bond acceptors (Lipinski definition) is 2. The zero-order valence-corrected chi connectivity index (χ0v) is 14.3. The van der Waals surface area contributed by atoms with Gasteiger partial charge in [0.25, 0.3) is 0 Å². The maximum absolute atomic E-state index is 3.54. The van der Waals surface area contributed by atoms with Crippen molar-refractivity contribution in [1.82, 2.24) is 5.32 Å². The molecule has 2 aromatic rings. The van der Waals surface area contributed by atoms with E-state index in [2.05, 4.69) is 65.6 Å². The Morgan fingerprint density at radius 1 is 1.16 bits per heavy atom. The molecule has 0 radical (unpaired) electrons. The number of nitrogens with one attached hydrogen (secondary N) is 1. The normalized spacial score (nSPS) is 12.7. The van der Waals surface area contributed by atoms with E-state index in [1.807, 2.05) is 7.05 Å². The molecule has 1 unspecified atom stereocenters. The van der Waals surface area contributed by atoms with Crippen LogP contribution < -0.4 is 5.32 Å². The number of rotatable bonds is 4. The van der Waals surface area contributed by atoms with Crippen LogP contribution in [0.2, 0.25) is 0 Å². The average Bonchev–Trinajstić information content (AvgIpc) is 2.75. The Bertz CT molecular complexity index is 551. The predicted octanol–water partition coefficient (Wildman–Crippen LogP) is 4.94. The molecule has 1 aromatic carbocycles. The molecule has 0 saturated carbocycles. The first kappa shape index (κ1) is 14.8. The van der Waals surface area contributed by atoms with Gasteiger partial charge in [-0.15, -0.1) is 11.3 Å². The molecule has 1 atom stereocenters. The summed E-state index contributed by atoms with van der Waals surface area (Å²) in [5.74, 6) is 0. The Morgan fingerprint density at radius 3 is 2.26 bits per heavy atom. The largest absolute Gasteiger partial charge is 0.312 e. The third kappa shape index (κ3) is 3.47. The van der Waals surface area contributed by atoms with Crippen LogP contribution >= 0.6 is 27.3 Å². The van der Waals surface area contributed by atoms with Gasteiger partial charge in [0.2, 0.25) is 0 Å². The topological polar surface area (TPSA) is 12.0 Å². The van der Waals surface area contributed by atoms with E-state index in [1.54, 1.807) is 11.3 Å². The first-order valence-electron chi connectivity index (χ1n) is 6.49. The van der Waals surface area contributed by atoms with Crippen LogP contribution in [0, 0.1) is 20.8 Å². The standard InChI is InChI=1S/C16H20BrNS/c1-10-5-11(2)14(12(3)6-10)8-15(18-4)16-7-13(17)9-19-16/h5-7,9,15,18H,8H2,1-4H3. The molecule has 1 nitrogen and oxygen atoms in total. The Morgan fingerprint density at radius 2 is 1.79 bits per heavy atom. The molecule has 0 aliphatic heterocycles. The minimum Gasteiger partial charge on any atom is -0.312 e. The van der Waals surface area contributed by atoms with Gasteiger partial charge in [0.05, 0.1) is 0 Å². The molecule has 0 saturated heterocycles. The molecule has 0 aliphatic rings. The van der Waals surface area contributed by atoms with E-state index in [9.17, 15) is 0 Å². The quantitative estimate of drug-likeness (QED) is 0.833. The van der Waals surface area contributed by atoms with Gasteiger partial charge in [0.15, 0.2) is 0 Å². The Balaban J connectivity index is 2.28. The highest BCUT2D eigenvalue weighted by Gasteiger charge is 2.15. The summed E-state index contributed by atoms with van der Waals surface area (Å²) in [4.78, 5) is 1.38. The zero-order chi connectivity index (χ0) is 14.0. The van der Waals surface area contributed by atoms with Crippen LogP contribution in [-0.2, 0) is 6.42 Å². The van der Waals surface area contributed by atoms with E-state index in [-0.39, 0.29) is 0 Å². The molecular weight excluding hydrogens is 318 g/mol. The fraction of sp³-hybridized carbons (Fsp3) is 0.375. The summed E-state index contributed by atoms with van der Waals surface area (Å²) in [7, 11) is 2.04. The SMILES string of the molecule is CNC(Cc1c(C)cc(C)cc1C)c1cc(Br)cs1. The summed E-state index contributed by atoms with van der Waals surface area (Å²) in [6.45, 7) is 6.59. The van der Waals surface area contributed by atoms with Crippen LogP contribution in [0.25, 0.3) is 0 Å². The van der Waals surface area contributed by atoms with E-state index in [4.69, 9.17) is 0 Å². The van der Waals surface area contributed by atoms with Crippen LogP contribution in [0.5, 0.6) is 0 Å². The van der Waals surface area contributed by atoms with Gasteiger partial charge < -0.3 is 5.32 Å². The molecule has 3 heteroatoms. The second-order valence-corrected chi connectivity index (χ2v) is 6.95. The second kappa shape index (κ2) is 6.21. The molecule has 1 N–H and O–H groups in total. The van der Waals surface area contributed by atoms with Gasteiger partial charge in [0, 0.05) is 20.8 Å². The monoisotopic (exact) mass is 337 g/mol. The van der Waals surface area contributed by atoms with Crippen LogP contribution in [0.3, 0.4) is 0 Å². The minimum atomic E-state index is 0.386. The Kier molecular flexibility index (Phi) is 4.82. The zero-order valence-electron chi connectivity index (χ0n) is 11.9. The van der Waals surface area contributed by atoms with Gasteiger partial charge in [-0.3, -0.25) is 0 Å². The van der Waals surface area contributed by atoms with Crippen LogP contribution in [0.15, 0.2) is 28.1 Å². The van der Waals surface area contributed by atoms with E-state index in [1.165, 1.54) is 31.6 Å². The summed E-state index contributed by atoms with van der Waals surface area (Å²) in [6.07, 6.45) is 1.04. The summed E-state index contributed by atoms with van der Waals surface area (Å²) >= 11 is 5.34. The highest BCUT2D eigenvalue weighted by molar-refractivity contribution is 9.10. The maximum Gasteiger partial charge on any atom is 0.0453 e. The molecule has 19 heavy (non-hydrogen) atoms. The van der Waals surface area contributed by atoms with Crippen molar-refractivity contribution < 1.29 is 0 Å². The van der Waals surface area contributed by atoms with Gasteiger partial charge in [-0.25, -0.2) is 0 Å². The smallest absolute Gasteiger partial charge is 0.0453 e. The average molecular weight is 338 g/mol. The van der Waals surface area contributed by atoms with Crippen molar-refractivity contribution in [1.29, 1.82) is 0 Å². The molecule has 0 bridgehead atoms. The lowest BCUT2D eigenvalue weighted by Crippen LogP contribution is -2.18. The number of likely N-dealkylation sites (N-methyl/N-ethyl adjacent to an activating group) is 1. The van der Waals surface area contributed by atoms with Gasteiger partial charge in [-0.2, -0.15) is 0 Å². The molecular formula is C16H20BrNS. The lowest BCUT2D eigenvalue weighted by atomic mass is 9.94. The number of halogens is 1. The lowest BCUT2D eigenvalue weighted by Gasteiger charge is -2.18. The predicted molar refractivity (Wildman–Crippen MR) is 88.2 cm³/mol. The number of thiophene rings is 1. The first-order chi connectivity index (χ1) is 9.01. The third-order valence-electron chi connectivity index (χ3n) is 3.53. The summed E-state index contributed by atoms with van der Waals surface area (Å²) < 4.78 is 1.17. The summed E-state index contributed by atoms with van der Waals surface area (Å²) in [6, 6.07) is 7.15. The number of benzene rings is 1. The Hall–Kier alpha value is -0.640. The molecule has 1 heterocycles. The Labute approximate surface area is 128 Å². The van der Waals surface area contributed by atoms with E-state index < -0.39 is 0 Å². The second-order valence-electron chi connectivity index (χ2n) is 5.09. The highest BCUT2D eigenvalue weighted by atomic mass is 79.9. The number of aryl methyl sites for hydroxylation is 3. The van der Waals surface area contributed by atoms with Crippen molar-refractivity contribution in [3.8, 4) is 0 Å². The molecule has 1 aromatic heterocycles. The lowest BCUT2D eigenvalue weighted by molar-refractivity contribution is 0.599. The minimum absolute atomic E-state index is 0.386. The van der Waals surface area contributed by atoms with Crippen molar-refractivity contribution in [2.75, 3.05) is 7.05 Å². The van der Waals surface area contributed by atoms with Crippen LogP contribution in [-0.4, -0.2) is 7.05 Å². The first-order valence-corrected chi connectivity index (χ1v) is 8.16. The van der Waals surface area contributed by atoms with Crippen molar-refractivity contribution >= 4 is 27.3 Å². The number of hydrogen-bond donors (Lipinski definition) is 1. The molecule has 102 valence electrons. The van der Waals surface area contributed by atoms with Gasteiger partial charge in [0.1, 0.15) is 0 Å². The van der Waals surface area contributed by atoms with Gasteiger partial charge in [-0.1, -0.05) is 17.7 Å². The molecule has 0 spiro atoms. The van der Waals surface area contributed by atoms with Gasteiger partial charge >= 0.3 is 0 Å². The third-order valence-corrected chi connectivity index (χ3v) is 5.34. The van der Waals surface area contributed by atoms with E-state index >= 15 is 0 Å². The molecule has 0 fully saturated rings. The van der Waals surface area contributed by atoms with Crippen molar-refractivity contribution in [3.05, 3.63) is 55.2 Å². The maximum atomic E-state index is 3.54. The molecule has 0 aliphatic carbocycles. The fourth-order valence-corrected chi connectivity index (χ4v) is 4.15. The highest BCUT2D eigenvalue weighted by Crippen LogP contribution is 2.29. The molecule has 0 amide bonds. The van der Waals surface area contributed by atoms with E-state index in [0.29, 0.717) is 6.04 Å².